The number of imidazole rings is 2. The van der Waals surface area contributed by atoms with E-state index in [1.807, 2.05) is 62.6 Å². The molecule has 0 radical (unpaired) electrons. The molecule has 0 saturated carbocycles. The van der Waals surface area contributed by atoms with Crippen LogP contribution in [0.5, 0.6) is 0 Å². The normalized spacial score (nSPS) is 11.2. The summed E-state index contributed by atoms with van der Waals surface area (Å²) in [4.78, 5) is 14.0. The van der Waals surface area contributed by atoms with Crippen molar-refractivity contribution in [2.45, 2.75) is 65.5 Å². The Bertz CT molecular complexity index is 2100. The summed E-state index contributed by atoms with van der Waals surface area (Å²) in [6, 6.07) is 36.5. The second-order valence-corrected chi connectivity index (χ2v) is 14.0. The number of nitrogens with one attached hydrogen (secondary N) is 2. The first kappa shape index (κ1) is 36.8. The number of hydrogen-bond acceptors (Lipinski definition) is 3. The van der Waals surface area contributed by atoms with Crippen LogP contribution in [-0.2, 0) is 40.0 Å². The van der Waals surface area contributed by atoms with Crippen molar-refractivity contribution in [3.63, 3.8) is 0 Å². The maximum atomic E-state index is 14.0. The van der Waals surface area contributed by atoms with Crippen LogP contribution in [0.2, 0.25) is 0 Å². The summed E-state index contributed by atoms with van der Waals surface area (Å²) in [5.41, 5.74) is 10.1. The lowest BCUT2D eigenvalue weighted by molar-refractivity contribution is 0.262. The number of carbonyl (C=O) groups is 1. The predicted molar refractivity (Wildman–Crippen MR) is 220 cm³/mol. The lowest BCUT2D eigenvalue weighted by Crippen LogP contribution is -2.20. The number of carbonyl (C=O) groups excluding carboxylic acids is 1. The number of para-hydroxylation sites is 2. The SMILES string of the molecule is CCCCc1c(-c2ccccc2NC(=O)Nc2ccccc2-c2c(CCCC)n(Cc3ccccc3)c(=S)n2C)n(C)c(=S)n1Cc1ccccc1. The Morgan fingerprint density at radius 2 is 0.923 bits per heavy atom. The molecule has 9 heteroatoms. The molecule has 52 heavy (non-hydrogen) atoms. The van der Waals surface area contributed by atoms with Crippen molar-refractivity contribution in [1.82, 2.24) is 18.3 Å². The molecule has 6 rings (SSSR count). The largest absolute Gasteiger partial charge is 0.323 e. The Morgan fingerprint density at radius 3 is 1.31 bits per heavy atom. The number of nitrogens with zero attached hydrogens (tertiary/aromatic N) is 4. The van der Waals surface area contributed by atoms with E-state index in [1.54, 1.807) is 0 Å². The van der Waals surface area contributed by atoms with Gasteiger partial charge in [-0.2, -0.15) is 0 Å². The molecule has 2 N–H and O–H groups in total. The molecular weight excluding hydrogens is 681 g/mol. The number of aromatic nitrogens is 4. The third-order valence-corrected chi connectivity index (χ3v) is 10.7. The van der Waals surface area contributed by atoms with Crippen LogP contribution in [0.15, 0.2) is 109 Å². The number of urea groups is 1. The molecule has 0 atom stereocenters. The summed E-state index contributed by atoms with van der Waals surface area (Å²) in [6.45, 7) is 5.79. The van der Waals surface area contributed by atoms with E-state index in [-0.39, 0.29) is 6.03 Å². The van der Waals surface area contributed by atoms with Crippen LogP contribution in [-0.4, -0.2) is 24.3 Å². The van der Waals surface area contributed by atoms with Crippen LogP contribution in [0.25, 0.3) is 22.5 Å². The molecule has 2 aromatic heterocycles. The van der Waals surface area contributed by atoms with Gasteiger partial charge in [-0.3, -0.25) is 0 Å². The summed E-state index contributed by atoms with van der Waals surface area (Å²) in [5.74, 6) is 0. The average Bonchev–Trinajstić information content (AvgIpc) is 3.53. The van der Waals surface area contributed by atoms with Crippen molar-refractivity contribution in [1.29, 1.82) is 0 Å². The molecule has 0 unspecified atom stereocenters. The number of hydrogen-bond donors (Lipinski definition) is 2. The van der Waals surface area contributed by atoms with Crippen LogP contribution in [0.4, 0.5) is 16.2 Å². The highest BCUT2D eigenvalue weighted by atomic mass is 32.1. The molecule has 0 aliphatic rings. The van der Waals surface area contributed by atoms with E-state index in [0.717, 1.165) is 70.6 Å². The fraction of sp³-hybridized carbons (Fsp3) is 0.279. The van der Waals surface area contributed by atoms with Gasteiger partial charge in [0.2, 0.25) is 0 Å². The van der Waals surface area contributed by atoms with E-state index in [4.69, 9.17) is 24.4 Å². The third kappa shape index (κ3) is 7.91. The Kier molecular flexibility index (Phi) is 12.0. The van der Waals surface area contributed by atoms with E-state index in [1.165, 1.54) is 22.5 Å². The van der Waals surface area contributed by atoms with Crippen LogP contribution in [0.3, 0.4) is 0 Å². The minimum Gasteiger partial charge on any atom is -0.319 e. The highest BCUT2D eigenvalue weighted by molar-refractivity contribution is 7.71. The van der Waals surface area contributed by atoms with E-state index in [9.17, 15) is 4.79 Å². The maximum Gasteiger partial charge on any atom is 0.323 e. The van der Waals surface area contributed by atoms with Gasteiger partial charge in [0.25, 0.3) is 0 Å². The van der Waals surface area contributed by atoms with Crippen molar-refractivity contribution in [2.75, 3.05) is 10.6 Å². The third-order valence-electron chi connectivity index (χ3n) is 9.67. The molecule has 0 saturated heterocycles. The lowest BCUT2D eigenvalue weighted by atomic mass is 10.0. The molecule has 0 spiro atoms. The molecule has 268 valence electrons. The van der Waals surface area contributed by atoms with Crippen molar-refractivity contribution in [2.24, 2.45) is 14.1 Å². The van der Waals surface area contributed by atoms with Crippen molar-refractivity contribution < 1.29 is 4.79 Å². The monoisotopic (exact) mass is 728 g/mol. The van der Waals surface area contributed by atoms with Crippen molar-refractivity contribution >= 4 is 41.8 Å². The standard InChI is InChI=1S/C43H48N6OS2/c1-5-7-27-37-39(46(3)42(51)48(37)29-31-19-11-9-12-20-31)33-23-15-17-25-35(33)44-41(50)45-36-26-18-16-24-34(36)40-38(28-8-6-2)49(43(52)47(40)4)30-32-21-13-10-14-22-32/h9-26H,5-8,27-30H2,1-4H3,(H2,44,45,50). The molecule has 0 fully saturated rings. The van der Waals surface area contributed by atoms with Gasteiger partial charge >= 0.3 is 6.03 Å². The number of unbranched alkanes of at least 4 members (excludes halogenated alkanes) is 2. The van der Waals surface area contributed by atoms with Gasteiger partial charge in [0, 0.05) is 36.6 Å². The zero-order valence-corrected chi connectivity index (χ0v) is 32.2. The molecule has 0 bridgehead atoms. The first-order valence-electron chi connectivity index (χ1n) is 18.2. The van der Waals surface area contributed by atoms with Gasteiger partial charge in [0.1, 0.15) is 0 Å². The average molecular weight is 729 g/mol. The van der Waals surface area contributed by atoms with Gasteiger partial charge in [-0.15, -0.1) is 0 Å². The first-order valence-corrected chi connectivity index (χ1v) is 19.0. The first-order chi connectivity index (χ1) is 25.3. The second kappa shape index (κ2) is 17.0. The maximum absolute atomic E-state index is 14.0. The molecule has 2 amide bonds. The Hall–Kier alpha value is -4.99. The molecule has 0 aliphatic carbocycles. The molecular formula is C43H48N6OS2. The van der Waals surface area contributed by atoms with Crippen molar-refractivity contribution in [3.05, 3.63) is 141 Å². The van der Waals surface area contributed by atoms with Gasteiger partial charge in [0.15, 0.2) is 9.54 Å². The van der Waals surface area contributed by atoms with Gasteiger partial charge in [-0.1, -0.05) is 124 Å². The van der Waals surface area contributed by atoms with E-state index in [2.05, 4.69) is 103 Å². The number of benzene rings is 4. The highest BCUT2D eigenvalue weighted by Crippen LogP contribution is 2.35. The van der Waals surface area contributed by atoms with Crippen molar-refractivity contribution in [3.8, 4) is 22.5 Å². The summed E-state index contributed by atoms with van der Waals surface area (Å²) >= 11 is 12.1. The topological polar surface area (TPSA) is 60.9 Å². The van der Waals surface area contributed by atoms with Gasteiger partial charge in [0.05, 0.1) is 35.9 Å². The minimum atomic E-state index is -0.319. The lowest BCUT2D eigenvalue weighted by Gasteiger charge is -2.17. The molecule has 0 aliphatic heterocycles. The summed E-state index contributed by atoms with van der Waals surface area (Å²) < 4.78 is 10.2. The molecule has 6 aromatic rings. The number of rotatable bonds is 14. The fourth-order valence-corrected chi connectivity index (χ4v) is 7.56. The van der Waals surface area contributed by atoms with Crippen LogP contribution < -0.4 is 10.6 Å². The van der Waals surface area contributed by atoms with Crippen LogP contribution >= 0.6 is 24.4 Å². The molecule has 4 aromatic carbocycles. The zero-order chi connectivity index (χ0) is 36.6. The Labute approximate surface area is 317 Å². The minimum absolute atomic E-state index is 0.319. The zero-order valence-electron chi connectivity index (χ0n) is 30.6. The highest BCUT2D eigenvalue weighted by Gasteiger charge is 2.23. The smallest absolute Gasteiger partial charge is 0.319 e. The van der Waals surface area contributed by atoms with Crippen LogP contribution in [0, 0.1) is 9.54 Å². The predicted octanol–water partition coefficient (Wildman–Crippen LogP) is 11.2. The quantitative estimate of drug-likeness (QED) is 0.110. The summed E-state index contributed by atoms with van der Waals surface area (Å²) in [7, 11) is 4.05. The van der Waals surface area contributed by atoms with Crippen LogP contribution in [0.1, 0.15) is 62.0 Å². The molecule has 2 heterocycles. The van der Waals surface area contributed by atoms with E-state index < -0.39 is 0 Å². The number of amides is 2. The second-order valence-electron chi connectivity index (χ2n) is 13.3. The van der Waals surface area contributed by atoms with E-state index in [0.29, 0.717) is 24.5 Å². The van der Waals surface area contributed by atoms with Gasteiger partial charge in [-0.25, -0.2) is 4.79 Å². The molecule has 7 nitrogen and oxygen atoms in total. The summed E-state index contributed by atoms with van der Waals surface area (Å²) in [6.07, 6.45) is 5.95. The summed E-state index contributed by atoms with van der Waals surface area (Å²) in [5, 5.41) is 6.40. The van der Waals surface area contributed by atoms with Gasteiger partial charge in [-0.05, 0) is 73.4 Å². The number of anilines is 2. The Morgan fingerprint density at radius 1 is 0.558 bits per heavy atom. The fourth-order valence-electron chi connectivity index (χ4n) is 7.03. The Balaban J connectivity index is 1.34. The van der Waals surface area contributed by atoms with E-state index >= 15 is 0 Å². The van der Waals surface area contributed by atoms with Gasteiger partial charge < -0.3 is 28.9 Å².